The lowest BCUT2D eigenvalue weighted by Crippen LogP contribution is -2.32. The molecular weight excluding hydrogens is 222 g/mol. The first kappa shape index (κ1) is 14.8. The van der Waals surface area contributed by atoms with E-state index in [0.29, 0.717) is 6.04 Å². The number of nitrogens with one attached hydrogen (secondary N) is 1. The zero-order valence-electron chi connectivity index (χ0n) is 12.2. The molecule has 1 aromatic rings. The molecule has 1 rings (SSSR count). The molecule has 1 atom stereocenters. The molecule has 0 aliphatic heterocycles. The molecule has 0 aliphatic carbocycles. The molecule has 0 aromatic carbocycles. The second-order valence-electron chi connectivity index (χ2n) is 5.06. The molecular formula is C15H25N3. The Balaban J connectivity index is 2.67. The lowest BCUT2D eigenvalue weighted by atomic mass is 9.95. The summed E-state index contributed by atoms with van der Waals surface area (Å²) in [7, 11) is 1.95. The van der Waals surface area contributed by atoms with Gasteiger partial charge in [-0.2, -0.15) is 5.26 Å². The molecule has 1 aromatic heterocycles. The fourth-order valence-electron chi connectivity index (χ4n) is 2.48. The summed E-state index contributed by atoms with van der Waals surface area (Å²) in [5.74, 6) is 0.726. The van der Waals surface area contributed by atoms with Gasteiger partial charge in [-0.25, -0.2) is 0 Å². The van der Waals surface area contributed by atoms with Crippen molar-refractivity contribution < 1.29 is 0 Å². The van der Waals surface area contributed by atoms with Crippen LogP contribution in [-0.2, 0) is 13.6 Å². The summed E-state index contributed by atoms with van der Waals surface area (Å²) in [5, 5.41) is 12.6. The van der Waals surface area contributed by atoms with Crippen LogP contribution in [0, 0.1) is 24.2 Å². The number of aromatic nitrogens is 1. The second kappa shape index (κ2) is 6.61. The predicted octanol–water partition coefficient (Wildman–Crippen LogP) is 3.12. The van der Waals surface area contributed by atoms with E-state index in [1.165, 1.54) is 24.1 Å². The second-order valence-corrected chi connectivity index (χ2v) is 5.06. The first-order valence-electron chi connectivity index (χ1n) is 6.83. The lowest BCUT2D eigenvalue weighted by Gasteiger charge is -2.22. The molecule has 0 spiro atoms. The minimum Gasteiger partial charge on any atom is -0.340 e. The third kappa shape index (κ3) is 3.14. The highest BCUT2D eigenvalue weighted by Crippen LogP contribution is 2.16. The van der Waals surface area contributed by atoms with Gasteiger partial charge in [0.2, 0.25) is 0 Å². The number of hydrogen-bond acceptors (Lipinski definition) is 2. The van der Waals surface area contributed by atoms with Crippen molar-refractivity contribution in [3.8, 4) is 6.07 Å². The molecule has 0 bridgehead atoms. The van der Waals surface area contributed by atoms with Gasteiger partial charge in [0.05, 0.1) is 0 Å². The average Bonchev–Trinajstić information content (AvgIpc) is 2.65. The van der Waals surface area contributed by atoms with Crippen LogP contribution in [0.15, 0.2) is 6.07 Å². The van der Waals surface area contributed by atoms with Crippen LogP contribution in [0.25, 0.3) is 0 Å². The zero-order chi connectivity index (χ0) is 13.7. The molecule has 0 radical (unpaired) electrons. The summed E-state index contributed by atoms with van der Waals surface area (Å²) in [6.07, 6.45) is 2.42. The van der Waals surface area contributed by atoms with Gasteiger partial charge in [-0.1, -0.05) is 26.7 Å². The maximum absolute atomic E-state index is 9.01. The molecule has 0 saturated carbocycles. The normalized spacial score (nSPS) is 12.7. The highest BCUT2D eigenvalue weighted by atomic mass is 15.0. The van der Waals surface area contributed by atoms with Gasteiger partial charge in [0, 0.05) is 25.3 Å². The van der Waals surface area contributed by atoms with E-state index >= 15 is 0 Å². The van der Waals surface area contributed by atoms with Crippen molar-refractivity contribution >= 4 is 0 Å². The van der Waals surface area contributed by atoms with E-state index < -0.39 is 0 Å². The molecule has 1 unspecified atom stereocenters. The minimum atomic E-state index is 0.519. The van der Waals surface area contributed by atoms with E-state index in [2.05, 4.69) is 39.1 Å². The Kier molecular flexibility index (Phi) is 5.43. The summed E-state index contributed by atoms with van der Waals surface area (Å²) in [6, 6.07) is 4.73. The van der Waals surface area contributed by atoms with Crippen molar-refractivity contribution in [1.82, 2.24) is 9.88 Å². The van der Waals surface area contributed by atoms with Gasteiger partial charge in [0.25, 0.3) is 0 Å². The molecule has 0 fully saturated rings. The van der Waals surface area contributed by atoms with Crippen molar-refractivity contribution in [2.45, 2.75) is 53.1 Å². The SMILES string of the molecule is CCC(CC)C(C)NCc1cc(C#N)n(C)c1C. The summed E-state index contributed by atoms with van der Waals surface area (Å²) < 4.78 is 1.96. The van der Waals surface area contributed by atoms with Crippen LogP contribution in [0.3, 0.4) is 0 Å². The van der Waals surface area contributed by atoms with Crippen LogP contribution in [0.5, 0.6) is 0 Å². The van der Waals surface area contributed by atoms with E-state index in [1.54, 1.807) is 0 Å². The van der Waals surface area contributed by atoms with Crippen molar-refractivity contribution in [2.24, 2.45) is 13.0 Å². The maximum Gasteiger partial charge on any atom is 0.120 e. The largest absolute Gasteiger partial charge is 0.340 e. The Morgan fingerprint density at radius 3 is 2.44 bits per heavy atom. The third-order valence-corrected chi connectivity index (χ3v) is 4.13. The highest BCUT2D eigenvalue weighted by Gasteiger charge is 2.14. The highest BCUT2D eigenvalue weighted by molar-refractivity contribution is 5.34. The van der Waals surface area contributed by atoms with Gasteiger partial charge < -0.3 is 9.88 Å². The Morgan fingerprint density at radius 1 is 1.39 bits per heavy atom. The fourth-order valence-corrected chi connectivity index (χ4v) is 2.48. The maximum atomic E-state index is 9.01. The molecule has 100 valence electrons. The summed E-state index contributed by atoms with van der Waals surface area (Å²) in [4.78, 5) is 0. The Bertz CT molecular complexity index is 422. The molecule has 0 aliphatic rings. The topological polar surface area (TPSA) is 40.8 Å². The first-order chi connectivity index (χ1) is 8.54. The number of hydrogen-bond donors (Lipinski definition) is 1. The van der Waals surface area contributed by atoms with Crippen molar-refractivity contribution in [2.75, 3.05) is 0 Å². The van der Waals surface area contributed by atoms with Crippen LogP contribution in [0.1, 0.15) is 50.6 Å². The fraction of sp³-hybridized carbons (Fsp3) is 0.667. The monoisotopic (exact) mass is 247 g/mol. The zero-order valence-corrected chi connectivity index (χ0v) is 12.2. The standard InChI is InChI=1S/C15H25N3/c1-6-13(7-2)11(3)17-10-14-8-15(9-16)18(5)12(14)4/h8,11,13,17H,6-7,10H2,1-5H3. The average molecular weight is 247 g/mol. The smallest absolute Gasteiger partial charge is 0.120 e. The quantitative estimate of drug-likeness (QED) is 0.839. The predicted molar refractivity (Wildman–Crippen MR) is 75.2 cm³/mol. The molecule has 3 heteroatoms. The third-order valence-electron chi connectivity index (χ3n) is 4.13. The molecule has 3 nitrogen and oxygen atoms in total. The molecule has 18 heavy (non-hydrogen) atoms. The van der Waals surface area contributed by atoms with Crippen LogP contribution >= 0.6 is 0 Å². The van der Waals surface area contributed by atoms with Crippen LogP contribution < -0.4 is 5.32 Å². The van der Waals surface area contributed by atoms with Gasteiger partial charge in [-0.3, -0.25) is 0 Å². The molecule has 1 heterocycles. The van der Waals surface area contributed by atoms with E-state index in [0.717, 1.165) is 18.2 Å². The van der Waals surface area contributed by atoms with Gasteiger partial charge in [-0.15, -0.1) is 0 Å². The Morgan fingerprint density at radius 2 is 2.00 bits per heavy atom. The summed E-state index contributed by atoms with van der Waals surface area (Å²) in [5.41, 5.74) is 3.14. The van der Waals surface area contributed by atoms with Crippen molar-refractivity contribution in [3.63, 3.8) is 0 Å². The number of nitriles is 1. The van der Waals surface area contributed by atoms with Crippen molar-refractivity contribution in [3.05, 3.63) is 23.0 Å². The van der Waals surface area contributed by atoms with E-state index in [4.69, 9.17) is 5.26 Å². The van der Waals surface area contributed by atoms with Crippen molar-refractivity contribution in [1.29, 1.82) is 5.26 Å². The molecule has 0 saturated heterocycles. The van der Waals surface area contributed by atoms with Gasteiger partial charge in [-0.05, 0) is 31.4 Å². The lowest BCUT2D eigenvalue weighted by molar-refractivity contribution is 0.353. The first-order valence-corrected chi connectivity index (χ1v) is 6.83. The van der Waals surface area contributed by atoms with Crippen LogP contribution in [0.2, 0.25) is 0 Å². The Labute approximate surface area is 111 Å². The van der Waals surface area contributed by atoms with Gasteiger partial charge in [0.1, 0.15) is 11.8 Å². The summed E-state index contributed by atoms with van der Waals surface area (Å²) >= 11 is 0. The van der Waals surface area contributed by atoms with E-state index in [9.17, 15) is 0 Å². The Hall–Kier alpha value is -1.27. The van der Waals surface area contributed by atoms with Gasteiger partial charge >= 0.3 is 0 Å². The van der Waals surface area contributed by atoms with E-state index in [-0.39, 0.29) is 0 Å². The van der Waals surface area contributed by atoms with E-state index in [1.807, 2.05) is 17.7 Å². The molecule has 1 N–H and O–H groups in total. The van der Waals surface area contributed by atoms with Gasteiger partial charge in [0.15, 0.2) is 0 Å². The number of rotatable bonds is 6. The van der Waals surface area contributed by atoms with Crippen LogP contribution in [0.4, 0.5) is 0 Å². The minimum absolute atomic E-state index is 0.519. The van der Waals surface area contributed by atoms with Crippen LogP contribution in [-0.4, -0.2) is 10.6 Å². The number of nitrogens with zero attached hydrogens (tertiary/aromatic N) is 2. The molecule has 0 amide bonds. The summed E-state index contributed by atoms with van der Waals surface area (Å²) in [6.45, 7) is 9.65.